The Balaban J connectivity index is 1.49. The van der Waals surface area contributed by atoms with E-state index in [1.807, 2.05) is 18.2 Å². The predicted octanol–water partition coefficient (Wildman–Crippen LogP) is 3.65. The molecule has 1 heterocycles. The molecule has 0 aliphatic carbocycles. The van der Waals surface area contributed by atoms with Crippen molar-refractivity contribution < 1.29 is 4.39 Å². The van der Waals surface area contributed by atoms with Crippen molar-refractivity contribution in [3.05, 3.63) is 76.8 Å². The molecule has 134 valence electrons. The van der Waals surface area contributed by atoms with Crippen LogP contribution < -0.4 is 10.6 Å². The molecule has 0 radical (unpaired) electrons. The van der Waals surface area contributed by atoms with Crippen molar-refractivity contribution in [1.29, 1.82) is 0 Å². The van der Waals surface area contributed by atoms with Crippen LogP contribution in [0, 0.1) is 5.82 Å². The molecule has 2 aromatic carbocycles. The Bertz CT molecular complexity index is 884. The molecule has 0 bridgehead atoms. The van der Waals surface area contributed by atoms with E-state index in [1.165, 1.54) is 17.7 Å². The van der Waals surface area contributed by atoms with E-state index in [4.69, 9.17) is 23.8 Å². The maximum atomic E-state index is 13.1. The molecule has 0 unspecified atom stereocenters. The second-order valence-corrected chi connectivity index (χ2v) is 6.43. The fourth-order valence-electron chi connectivity index (χ4n) is 2.36. The lowest BCUT2D eigenvalue weighted by Crippen LogP contribution is -2.30. The first-order valence-corrected chi connectivity index (χ1v) is 8.81. The summed E-state index contributed by atoms with van der Waals surface area (Å²) < 4.78 is 14.7. The van der Waals surface area contributed by atoms with Crippen LogP contribution in [-0.2, 0) is 13.0 Å². The molecule has 5 nitrogen and oxygen atoms in total. The topological polar surface area (TPSA) is 54.8 Å². The number of benzene rings is 2. The third-order valence-corrected chi connectivity index (χ3v) is 4.25. The number of anilines is 1. The van der Waals surface area contributed by atoms with Crippen molar-refractivity contribution in [3.63, 3.8) is 0 Å². The third kappa shape index (κ3) is 5.24. The molecule has 0 saturated heterocycles. The summed E-state index contributed by atoms with van der Waals surface area (Å²) in [6.07, 6.45) is 2.43. The van der Waals surface area contributed by atoms with Gasteiger partial charge in [0.05, 0.1) is 6.54 Å². The van der Waals surface area contributed by atoms with Crippen molar-refractivity contribution >= 4 is 34.9 Å². The number of hydrogen-bond acceptors (Lipinski definition) is 3. The highest BCUT2D eigenvalue weighted by atomic mass is 35.5. The molecule has 1 aromatic heterocycles. The normalized spacial score (nSPS) is 10.5. The molecule has 0 fully saturated rings. The van der Waals surface area contributed by atoms with E-state index in [9.17, 15) is 4.39 Å². The fourth-order valence-corrected chi connectivity index (χ4v) is 2.78. The van der Waals surface area contributed by atoms with E-state index in [1.54, 1.807) is 17.1 Å². The summed E-state index contributed by atoms with van der Waals surface area (Å²) in [5, 5.41) is 11.2. The quantitative estimate of drug-likeness (QED) is 0.630. The van der Waals surface area contributed by atoms with Crippen LogP contribution in [0.3, 0.4) is 0 Å². The monoisotopic (exact) mass is 389 g/mol. The van der Waals surface area contributed by atoms with Gasteiger partial charge in [-0.2, -0.15) is 0 Å². The van der Waals surface area contributed by atoms with Crippen molar-refractivity contribution in [1.82, 2.24) is 20.1 Å². The summed E-state index contributed by atoms with van der Waals surface area (Å²) in [6.45, 7) is 1.10. The van der Waals surface area contributed by atoms with Crippen LogP contribution in [0.1, 0.15) is 11.1 Å². The largest absolute Gasteiger partial charge is 0.362 e. The summed E-state index contributed by atoms with van der Waals surface area (Å²) in [5.41, 5.74) is 1.99. The van der Waals surface area contributed by atoms with Crippen LogP contribution in [0.5, 0.6) is 0 Å². The van der Waals surface area contributed by atoms with Crippen molar-refractivity contribution in [2.24, 2.45) is 0 Å². The number of halogens is 2. The highest BCUT2D eigenvalue weighted by Crippen LogP contribution is 2.18. The molecule has 8 heteroatoms. The Labute approximate surface area is 161 Å². The van der Waals surface area contributed by atoms with Crippen LogP contribution in [0.15, 0.2) is 54.9 Å². The first-order valence-electron chi connectivity index (χ1n) is 8.02. The minimum Gasteiger partial charge on any atom is -0.362 e. The lowest BCUT2D eigenvalue weighted by Gasteiger charge is -2.08. The highest BCUT2D eigenvalue weighted by molar-refractivity contribution is 7.80. The first-order chi connectivity index (χ1) is 12.6. The number of nitrogens with one attached hydrogen (secondary N) is 2. The molecular formula is C18H17ClFN5S. The second kappa shape index (κ2) is 8.73. The van der Waals surface area contributed by atoms with Gasteiger partial charge in [-0.15, -0.1) is 5.10 Å². The van der Waals surface area contributed by atoms with Gasteiger partial charge < -0.3 is 5.32 Å². The minimum atomic E-state index is -0.369. The van der Waals surface area contributed by atoms with E-state index >= 15 is 0 Å². The molecule has 2 N–H and O–H groups in total. The number of hydrogen-bond donors (Lipinski definition) is 2. The minimum absolute atomic E-state index is 0.355. The molecular weight excluding hydrogens is 373 g/mol. The molecule has 0 spiro atoms. The van der Waals surface area contributed by atoms with Gasteiger partial charge in [-0.05, 0) is 41.9 Å². The van der Waals surface area contributed by atoms with E-state index in [2.05, 4.69) is 32.8 Å². The molecule has 0 amide bonds. The van der Waals surface area contributed by atoms with Gasteiger partial charge in [0.25, 0.3) is 0 Å². The van der Waals surface area contributed by atoms with Gasteiger partial charge in [-0.3, -0.25) is 5.32 Å². The number of nitrogens with zero attached hydrogens (tertiary/aromatic N) is 3. The Morgan fingerprint density at radius 2 is 2.00 bits per heavy atom. The summed E-state index contributed by atoms with van der Waals surface area (Å²) in [4.78, 5) is 4.16. The molecule has 3 rings (SSSR count). The zero-order chi connectivity index (χ0) is 18.4. The SMILES string of the molecule is Fc1ccc(Cn2cnc(NC(=S)NCCc3ccccc3)n2)c(Cl)c1. The smallest absolute Gasteiger partial charge is 0.248 e. The van der Waals surface area contributed by atoms with Gasteiger partial charge in [0.1, 0.15) is 12.1 Å². The number of aromatic nitrogens is 3. The Morgan fingerprint density at radius 3 is 2.77 bits per heavy atom. The van der Waals surface area contributed by atoms with Gasteiger partial charge in [0.2, 0.25) is 5.95 Å². The van der Waals surface area contributed by atoms with E-state index in [0.29, 0.717) is 29.2 Å². The van der Waals surface area contributed by atoms with E-state index in [0.717, 1.165) is 12.0 Å². The lowest BCUT2D eigenvalue weighted by molar-refractivity contribution is 0.624. The molecule has 26 heavy (non-hydrogen) atoms. The maximum Gasteiger partial charge on any atom is 0.248 e. The van der Waals surface area contributed by atoms with Gasteiger partial charge in [-0.1, -0.05) is 48.0 Å². The van der Waals surface area contributed by atoms with Crippen LogP contribution in [-0.4, -0.2) is 26.4 Å². The van der Waals surface area contributed by atoms with E-state index in [-0.39, 0.29) is 5.82 Å². The molecule has 0 aliphatic rings. The Kier molecular flexibility index (Phi) is 6.14. The molecule has 0 atom stereocenters. The molecule has 0 aliphatic heterocycles. The second-order valence-electron chi connectivity index (χ2n) is 5.62. The average Bonchev–Trinajstić information content (AvgIpc) is 3.05. The zero-order valence-electron chi connectivity index (χ0n) is 13.8. The Morgan fingerprint density at radius 1 is 1.19 bits per heavy atom. The fraction of sp³-hybridized carbons (Fsp3) is 0.167. The van der Waals surface area contributed by atoms with Crippen LogP contribution in [0.2, 0.25) is 5.02 Å². The van der Waals surface area contributed by atoms with Crippen LogP contribution in [0.25, 0.3) is 0 Å². The summed E-state index contributed by atoms with van der Waals surface area (Å²) in [7, 11) is 0. The third-order valence-electron chi connectivity index (χ3n) is 3.65. The average molecular weight is 390 g/mol. The van der Waals surface area contributed by atoms with Gasteiger partial charge in [0, 0.05) is 11.6 Å². The van der Waals surface area contributed by atoms with Crippen molar-refractivity contribution in [2.45, 2.75) is 13.0 Å². The molecule has 0 saturated carbocycles. The van der Waals surface area contributed by atoms with Crippen molar-refractivity contribution in [3.8, 4) is 0 Å². The van der Waals surface area contributed by atoms with E-state index < -0.39 is 0 Å². The van der Waals surface area contributed by atoms with Gasteiger partial charge in [-0.25, -0.2) is 14.1 Å². The summed E-state index contributed by atoms with van der Waals surface area (Å²) in [5.74, 6) is 0.0204. The first kappa shape index (κ1) is 18.3. The van der Waals surface area contributed by atoms with Crippen LogP contribution in [0.4, 0.5) is 10.3 Å². The van der Waals surface area contributed by atoms with Crippen LogP contribution >= 0.6 is 23.8 Å². The maximum absolute atomic E-state index is 13.1. The van der Waals surface area contributed by atoms with Gasteiger partial charge >= 0.3 is 0 Å². The Hall–Kier alpha value is -2.51. The summed E-state index contributed by atoms with van der Waals surface area (Å²) >= 11 is 11.3. The van der Waals surface area contributed by atoms with Gasteiger partial charge in [0.15, 0.2) is 5.11 Å². The standard InChI is InChI=1S/C18H17ClFN5S/c19-16-10-15(20)7-6-14(16)11-25-12-22-17(24-25)23-18(26)21-9-8-13-4-2-1-3-5-13/h1-7,10,12H,8-9,11H2,(H2,21,23,24,26). The highest BCUT2D eigenvalue weighted by Gasteiger charge is 2.07. The number of thiocarbonyl (C=S) groups is 1. The predicted molar refractivity (Wildman–Crippen MR) is 105 cm³/mol. The summed E-state index contributed by atoms with van der Waals surface area (Å²) in [6, 6.07) is 14.4. The molecule has 3 aromatic rings. The zero-order valence-corrected chi connectivity index (χ0v) is 15.4. The lowest BCUT2D eigenvalue weighted by atomic mass is 10.1. The number of rotatable bonds is 6. The van der Waals surface area contributed by atoms with Crippen molar-refractivity contribution in [2.75, 3.05) is 11.9 Å².